The van der Waals surface area contributed by atoms with Gasteiger partial charge in [-0.2, -0.15) is 0 Å². The van der Waals surface area contributed by atoms with Crippen molar-refractivity contribution < 1.29 is 14.3 Å². The predicted molar refractivity (Wildman–Crippen MR) is 104 cm³/mol. The first-order valence-electron chi connectivity index (χ1n) is 8.47. The van der Waals surface area contributed by atoms with Crippen LogP contribution < -0.4 is 14.8 Å². The molecule has 0 aliphatic carbocycles. The molecule has 1 unspecified atom stereocenters. The van der Waals surface area contributed by atoms with Crippen molar-refractivity contribution in [2.24, 2.45) is 0 Å². The highest BCUT2D eigenvalue weighted by atomic mass is 35.5. The van der Waals surface area contributed by atoms with Crippen LogP contribution in [0.4, 0.5) is 0 Å². The number of carbonyl (C=O) groups excluding carboxylic acids is 1. The second-order valence-corrected chi connectivity index (χ2v) is 6.43. The van der Waals surface area contributed by atoms with Crippen LogP contribution in [0.3, 0.4) is 0 Å². The maximum Gasteiger partial charge on any atom is 0.251 e. The lowest BCUT2D eigenvalue weighted by atomic mass is 10.1. The number of hydrogen-bond acceptors (Lipinski definition) is 4. The smallest absolute Gasteiger partial charge is 0.251 e. The number of carbonyl (C=O) groups is 1. The fourth-order valence-corrected chi connectivity index (χ4v) is 2.97. The molecule has 0 aliphatic rings. The van der Waals surface area contributed by atoms with Gasteiger partial charge in [-0.25, -0.2) is 0 Å². The van der Waals surface area contributed by atoms with Crippen LogP contribution in [0, 0.1) is 0 Å². The van der Waals surface area contributed by atoms with Gasteiger partial charge < -0.3 is 19.7 Å². The highest BCUT2D eigenvalue weighted by molar-refractivity contribution is 6.32. The number of hydrogen-bond donors (Lipinski definition) is 1. The summed E-state index contributed by atoms with van der Waals surface area (Å²) in [6.07, 6.45) is 0. The minimum atomic E-state index is -0.212. The first-order valence-corrected chi connectivity index (χ1v) is 8.85. The predicted octanol–water partition coefficient (Wildman–Crippen LogP) is 3.78. The van der Waals surface area contributed by atoms with E-state index in [2.05, 4.69) is 10.2 Å². The molecule has 0 fully saturated rings. The maximum atomic E-state index is 12.6. The first kappa shape index (κ1) is 20.1. The maximum absolute atomic E-state index is 12.6. The first-order chi connectivity index (χ1) is 12.5. The van der Waals surface area contributed by atoms with Crippen LogP contribution >= 0.6 is 11.6 Å². The third-order valence-electron chi connectivity index (χ3n) is 4.04. The molecule has 1 amide bonds. The molecule has 0 heterocycles. The van der Waals surface area contributed by atoms with Gasteiger partial charge in [-0.1, -0.05) is 41.9 Å². The van der Waals surface area contributed by atoms with Gasteiger partial charge >= 0.3 is 0 Å². The van der Waals surface area contributed by atoms with E-state index < -0.39 is 0 Å². The lowest BCUT2D eigenvalue weighted by molar-refractivity contribution is 0.0941. The summed E-state index contributed by atoms with van der Waals surface area (Å²) >= 11 is 6.25. The molecule has 0 aromatic heterocycles. The molecule has 6 heteroatoms. The van der Waals surface area contributed by atoms with E-state index in [0.717, 1.165) is 5.56 Å². The summed E-state index contributed by atoms with van der Waals surface area (Å²) in [6, 6.07) is 13.4. The van der Waals surface area contributed by atoms with Gasteiger partial charge in [-0.3, -0.25) is 4.79 Å². The monoisotopic (exact) mass is 376 g/mol. The van der Waals surface area contributed by atoms with Crippen molar-refractivity contribution in [3.8, 4) is 11.5 Å². The van der Waals surface area contributed by atoms with E-state index in [-0.39, 0.29) is 11.9 Å². The van der Waals surface area contributed by atoms with E-state index in [4.69, 9.17) is 21.1 Å². The fourth-order valence-electron chi connectivity index (χ4n) is 2.70. The Kier molecular flexibility index (Phi) is 7.30. The van der Waals surface area contributed by atoms with E-state index in [9.17, 15) is 4.79 Å². The van der Waals surface area contributed by atoms with E-state index in [1.807, 2.05) is 51.4 Å². The van der Waals surface area contributed by atoms with Gasteiger partial charge in [0, 0.05) is 12.1 Å². The van der Waals surface area contributed by atoms with Crippen molar-refractivity contribution in [1.29, 1.82) is 0 Å². The highest BCUT2D eigenvalue weighted by Gasteiger charge is 2.18. The summed E-state index contributed by atoms with van der Waals surface area (Å²) in [5, 5.41) is 3.32. The van der Waals surface area contributed by atoms with Crippen LogP contribution in [-0.4, -0.2) is 45.2 Å². The molecule has 5 nitrogen and oxygen atoms in total. The molecule has 0 aliphatic heterocycles. The van der Waals surface area contributed by atoms with Crippen LogP contribution in [0.1, 0.15) is 28.9 Å². The number of methoxy groups -OCH3 is 1. The Morgan fingerprint density at radius 2 is 1.92 bits per heavy atom. The van der Waals surface area contributed by atoms with Gasteiger partial charge in [0.25, 0.3) is 5.91 Å². The summed E-state index contributed by atoms with van der Waals surface area (Å²) in [7, 11) is 5.49. The molecule has 1 N–H and O–H groups in total. The Labute approximate surface area is 159 Å². The Balaban J connectivity index is 2.15. The molecular formula is C20H25ClN2O3. The minimum absolute atomic E-state index is 0.0696. The van der Waals surface area contributed by atoms with Gasteiger partial charge in [0.1, 0.15) is 0 Å². The van der Waals surface area contributed by atoms with Crippen LogP contribution in [0.25, 0.3) is 0 Å². The van der Waals surface area contributed by atoms with Crippen LogP contribution in [0.2, 0.25) is 5.02 Å². The van der Waals surface area contributed by atoms with Crippen LogP contribution in [-0.2, 0) is 0 Å². The quantitative estimate of drug-likeness (QED) is 0.761. The lowest BCUT2D eigenvalue weighted by Gasteiger charge is -2.25. The summed E-state index contributed by atoms with van der Waals surface area (Å²) in [4.78, 5) is 14.7. The van der Waals surface area contributed by atoms with Crippen molar-refractivity contribution in [1.82, 2.24) is 10.2 Å². The normalized spacial score (nSPS) is 11.9. The number of likely N-dealkylation sites (N-methyl/N-ethyl adjacent to an activating group) is 1. The van der Waals surface area contributed by atoms with Gasteiger partial charge in [-0.15, -0.1) is 0 Å². The molecule has 140 valence electrons. The number of nitrogens with zero attached hydrogens (tertiary/aromatic N) is 1. The molecule has 26 heavy (non-hydrogen) atoms. The summed E-state index contributed by atoms with van der Waals surface area (Å²) < 4.78 is 10.8. The minimum Gasteiger partial charge on any atom is -0.493 e. The largest absolute Gasteiger partial charge is 0.493 e. The summed E-state index contributed by atoms with van der Waals surface area (Å²) in [6.45, 7) is 2.80. The second kappa shape index (κ2) is 9.46. The average molecular weight is 377 g/mol. The third kappa shape index (κ3) is 4.90. The van der Waals surface area contributed by atoms with E-state index in [0.29, 0.717) is 35.2 Å². The Morgan fingerprint density at radius 1 is 1.23 bits per heavy atom. The van der Waals surface area contributed by atoms with Gasteiger partial charge in [0.2, 0.25) is 0 Å². The zero-order valence-corrected chi connectivity index (χ0v) is 16.3. The summed E-state index contributed by atoms with van der Waals surface area (Å²) in [5.74, 6) is 0.677. The van der Waals surface area contributed by atoms with Crippen molar-refractivity contribution in [2.45, 2.75) is 13.0 Å². The van der Waals surface area contributed by atoms with Crippen molar-refractivity contribution in [2.75, 3.05) is 34.4 Å². The number of amides is 1. The SMILES string of the molecule is CCOc1c(Cl)cc(C(=O)NCC(c2ccccc2)N(C)C)cc1OC. The fraction of sp³-hybridized carbons (Fsp3) is 0.350. The lowest BCUT2D eigenvalue weighted by Crippen LogP contribution is -2.34. The molecule has 1 atom stereocenters. The molecule has 0 saturated heterocycles. The Morgan fingerprint density at radius 3 is 2.50 bits per heavy atom. The zero-order chi connectivity index (χ0) is 19.1. The number of nitrogens with one attached hydrogen (secondary N) is 1. The molecule has 0 spiro atoms. The number of benzene rings is 2. The molecule has 2 aromatic rings. The standard InChI is InChI=1S/C20H25ClN2O3/c1-5-26-19-16(21)11-15(12-18(19)25-4)20(24)22-13-17(23(2)3)14-9-7-6-8-10-14/h6-12,17H,5,13H2,1-4H3,(H,22,24). The molecule has 0 radical (unpaired) electrons. The van der Waals surface area contributed by atoms with E-state index in [1.165, 1.54) is 7.11 Å². The molecule has 2 aromatic carbocycles. The molecular weight excluding hydrogens is 352 g/mol. The Bertz CT molecular complexity index is 735. The van der Waals surface area contributed by atoms with E-state index >= 15 is 0 Å². The van der Waals surface area contributed by atoms with Crippen molar-refractivity contribution in [3.63, 3.8) is 0 Å². The number of halogens is 1. The van der Waals surface area contributed by atoms with Crippen LogP contribution in [0.15, 0.2) is 42.5 Å². The van der Waals surface area contributed by atoms with Gasteiger partial charge in [-0.05, 0) is 38.7 Å². The average Bonchev–Trinajstić information content (AvgIpc) is 2.63. The van der Waals surface area contributed by atoms with Gasteiger partial charge in [0.15, 0.2) is 11.5 Å². The highest BCUT2D eigenvalue weighted by Crippen LogP contribution is 2.36. The van der Waals surface area contributed by atoms with E-state index in [1.54, 1.807) is 12.1 Å². The molecule has 0 bridgehead atoms. The molecule has 2 rings (SSSR count). The second-order valence-electron chi connectivity index (χ2n) is 6.02. The Hall–Kier alpha value is -2.24. The summed E-state index contributed by atoms with van der Waals surface area (Å²) in [5.41, 5.74) is 1.57. The number of rotatable bonds is 8. The zero-order valence-electron chi connectivity index (χ0n) is 15.6. The van der Waals surface area contributed by atoms with Crippen molar-refractivity contribution >= 4 is 17.5 Å². The number of ether oxygens (including phenoxy) is 2. The van der Waals surface area contributed by atoms with Crippen molar-refractivity contribution in [3.05, 3.63) is 58.6 Å². The van der Waals surface area contributed by atoms with Crippen LogP contribution in [0.5, 0.6) is 11.5 Å². The topological polar surface area (TPSA) is 50.8 Å². The third-order valence-corrected chi connectivity index (χ3v) is 4.32. The molecule has 0 saturated carbocycles. The van der Waals surface area contributed by atoms with Gasteiger partial charge in [0.05, 0.1) is 24.8 Å².